The van der Waals surface area contributed by atoms with Gasteiger partial charge in [0.15, 0.2) is 5.78 Å². The highest BCUT2D eigenvalue weighted by Crippen LogP contribution is 2.36. The minimum absolute atomic E-state index is 0.0910. The van der Waals surface area contributed by atoms with Crippen LogP contribution in [0.1, 0.15) is 72.2 Å². The minimum atomic E-state index is -0.753. The van der Waals surface area contributed by atoms with Crippen LogP contribution >= 0.6 is 0 Å². The first-order valence-electron chi connectivity index (χ1n) is 14.1. The van der Waals surface area contributed by atoms with Crippen LogP contribution in [0.15, 0.2) is 72.9 Å². The third-order valence-electron chi connectivity index (χ3n) is 7.47. The molecular formula is C35H39NO6. The van der Waals surface area contributed by atoms with Crippen LogP contribution < -0.4 is 9.47 Å². The molecule has 2 heterocycles. The molecule has 7 nitrogen and oxygen atoms in total. The molecule has 0 aliphatic rings. The van der Waals surface area contributed by atoms with Crippen molar-refractivity contribution in [3.63, 3.8) is 0 Å². The van der Waals surface area contributed by atoms with Gasteiger partial charge in [-0.15, -0.1) is 0 Å². The van der Waals surface area contributed by atoms with E-state index in [0.717, 1.165) is 5.56 Å². The van der Waals surface area contributed by atoms with E-state index in [4.69, 9.17) is 14.2 Å². The van der Waals surface area contributed by atoms with Gasteiger partial charge in [0, 0.05) is 28.8 Å². The van der Waals surface area contributed by atoms with Crippen molar-refractivity contribution in [2.45, 2.75) is 47.6 Å². The number of nitrogens with zero attached hydrogens (tertiary/aromatic N) is 1. The highest BCUT2D eigenvalue weighted by molar-refractivity contribution is 6.15. The van der Waals surface area contributed by atoms with Crippen molar-refractivity contribution in [3.05, 3.63) is 101 Å². The summed E-state index contributed by atoms with van der Waals surface area (Å²) in [6.07, 6.45) is 1.93. The molecule has 0 fully saturated rings. The van der Waals surface area contributed by atoms with Crippen molar-refractivity contribution >= 4 is 23.1 Å². The number of hydrogen-bond acceptors (Lipinski definition) is 6. The first kappa shape index (κ1) is 30.6. The molecule has 4 aromatic rings. The molecule has 42 heavy (non-hydrogen) atoms. The molecule has 0 aliphatic carbocycles. The summed E-state index contributed by atoms with van der Waals surface area (Å²) in [5.74, 6) is -0.236. The zero-order chi connectivity index (χ0) is 30.6. The molecule has 0 radical (unpaired) electrons. The smallest absolute Gasteiger partial charge is 0.309 e. The van der Waals surface area contributed by atoms with E-state index in [0.29, 0.717) is 46.0 Å². The molecule has 0 aliphatic heterocycles. The van der Waals surface area contributed by atoms with E-state index in [1.807, 2.05) is 65.0 Å². The highest BCUT2D eigenvalue weighted by Gasteiger charge is 2.36. The Labute approximate surface area is 247 Å². The van der Waals surface area contributed by atoms with Crippen LogP contribution in [0.5, 0.6) is 11.5 Å². The molecule has 0 amide bonds. The number of fused-ring (bicyclic) bond motifs is 1. The maximum absolute atomic E-state index is 14.2. The number of methoxy groups -OCH3 is 2. The molecule has 0 saturated carbocycles. The summed E-state index contributed by atoms with van der Waals surface area (Å²) in [5.41, 5.74) is 2.53. The van der Waals surface area contributed by atoms with Gasteiger partial charge in [-0.05, 0) is 53.8 Å². The van der Waals surface area contributed by atoms with E-state index in [-0.39, 0.29) is 29.9 Å². The van der Waals surface area contributed by atoms with E-state index in [2.05, 4.69) is 0 Å². The Hall–Kier alpha value is -4.39. The zero-order valence-corrected chi connectivity index (χ0v) is 25.4. The highest BCUT2D eigenvalue weighted by atomic mass is 16.5. The summed E-state index contributed by atoms with van der Waals surface area (Å²) in [6.45, 7) is 9.77. The molecular weight excluding hydrogens is 530 g/mol. The molecule has 0 spiro atoms. The Morgan fingerprint density at radius 3 is 2.12 bits per heavy atom. The van der Waals surface area contributed by atoms with Crippen LogP contribution in [0.4, 0.5) is 0 Å². The van der Waals surface area contributed by atoms with E-state index in [1.54, 1.807) is 54.1 Å². The number of ketones is 2. The standard InChI is InChI=1S/C35H39NO6/c1-22(2)27(34(39)41-7)20-28-30(33(38)35(3,4)5)29-19-26(42-21-23-11-9-8-10-12-23)17-18-36(29)31(28)32(37)24-13-15-25(40-6)16-14-24/h8-19,22,27H,20-21H2,1-7H3. The van der Waals surface area contributed by atoms with Gasteiger partial charge in [0.1, 0.15) is 18.1 Å². The summed E-state index contributed by atoms with van der Waals surface area (Å²) >= 11 is 0. The number of hydrogen-bond donors (Lipinski definition) is 0. The Morgan fingerprint density at radius 2 is 1.55 bits per heavy atom. The van der Waals surface area contributed by atoms with Crippen molar-refractivity contribution in [1.82, 2.24) is 4.40 Å². The van der Waals surface area contributed by atoms with Crippen LogP contribution in [0, 0.1) is 17.3 Å². The van der Waals surface area contributed by atoms with Crippen LogP contribution in [-0.2, 0) is 22.6 Å². The number of pyridine rings is 1. The summed E-state index contributed by atoms with van der Waals surface area (Å²) < 4.78 is 18.3. The molecule has 1 unspecified atom stereocenters. The van der Waals surface area contributed by atoms with Gasteiger partial charge in [0.25, 0.3) is 0 Å². The topological polar surface area (TPSA) is 83.3 Å². The third kappa shape index (κ3) is 6.40. The van der Waals surface area contributed by atoms with Gasteiger partial charge in [-0.3, -0.25) is 14.4 Å². The molecule has 4 rings (SSSR count). The number of aromatic nitrogens is 1. The fourth-order valence-corrected chi connectivity index (χ4v) is 5.03. The molecule has 1 atom stereocenters. The second kappa shape index (κ2) is 12.6. The van der Waals surface area contributed by atoms with Gasteiger partial charge < -0.3 is 18.6 Å². The van der Waals surface area contributed by atoms with E-state index in [1.165, 1.54) is 7.11 Å². The van der Waals surface area contributed by atoms with Crippen molar-refractivity contribution in [2.24, 2.45) is 17.3 Å². The molecule has 7 heteroatoms. The van der Waals surface area contributed by atoms with Crippen molar-refractivity contribution < 1.29 is 28.6 Å². The average Bonchev–Trinajstić information content (AvgIpc) is 3.30. The van der Waals surface area contributed by atoms with Crippen molar-refractivity contribution in [1.29, 1.82) is 0 Å². The average molecular weight is 570 g/mol. The first-order chi connectivity index (χ1) is 20.0. The predicted molar refractivity (Wildman–Crippen MR) is 162 cm³/mol. The Bertz CT molecular complexity index is 1580. The number of esters is 1. The second-order valence-electron chi connectivity index (χ2n) is 11.8. The molecule has 0 bridgehead atoms. The predicted octanol–water partition coefficient (Wildman–Crippen LogP) is 6.97. The van der Waals surface area contributed by atoms with Gasteiger partial charge in [-0.1, -0.05) is 65.0 Å². The number of carbonyl (C=O) groups is 3. The summed E-state index contributed by atoms with van der Waals surface area (Å²) in [6, 6.07) is 20.3. The van der Waals surface area contributed by atoms with Crippen molar-refractivity contribution in [3.8, 4) is 11.5 Å². The van der Waals surface area contributed by atoms with Crippen LogP contribution in [0.2, 0.25) is 0 Å². The third-order valence-corrected chi connectivity index (χ3v) is 7.47. The summed E-state index contributed by atoms with van der Waals surface area (Å²) in [4.78, 5) is 41.3. The van der Waals surface area contributed by atoms with Crippen LogP contribution in [-0.4, -0.2) is 36.2 Å². The van der Waals surface area contributed by atoms with Crippen LogP contribution in [0.3, 0.4) is 0 Å². The Balaban J connectivity index is 1.96. The lowest BCUT2D eigenvalue weighted by Crippen LogP contribution is -2.27. The summed E-state index contributed by atoms with van der Waals surface area (Å²) in [7, 11) is 2.92. The number of ether oxygens (including phenoxy) is 3. The fourth-order valence-electron chi connectivity index (χ4n) is 5.03. The Kier molecular flexibility index (Phi) is 9.20. The lowest BCUT2D eigenvalue weighted by molar-refractivity contribution is -0.146. The van der Waals surface area contributed by atoms with Gasteiger partial charge in [0.2, 0.25) is 5.78 Å². The largest absolute Gasteiger partial charge is 0.497 e. The van der Waals surface area contributed by atoms with Crippen molar-refractivity contribution in [2.75, 3.05) is 14.2 Å². The quantitative estimate of drug-likeness (QED) is 0.143. The normalized spacial score (nSPS) is 12.3. The monoisotopic (exact) mass is 569 g/mol. The number of Topliss-reactive ketones (excluding diaryl/α,β-unsaturated/α-hetero) is 1. The second-order valence-corrected chi connectivity index (χ2v) is 11.8. The maximum atomic E-state index is 14.2. The van der Waals surface area contributed by atoms with Gasteiger partial charge in [-0.2, -0.15) is 0 Å². The molecule has 220 valence electrons. The zero-order valence-electron chi connectivity index (χ0n) is 25.4. The number of rotatable bonds is 11. The molecule has 2 aromatic carbocycles. The van der Waals surface area contributed by atoms with Gasteiger partial charge >= 0.3 is 5.97 Å². The Morgan fingerprint density at radius 1 is 0.881 bits per heavy atom. The first-order valence-corrected chi connectivity index (χ1v) is 14.1. The van der Waals surface area contributed by atoms with Gasteiger partial charge in [0.05, 0.1) is 31.3 Å². The van der Waals surface area contributed by atoms with Gasteiger partial charge in [-0.25, -0.2) is 0 Å². The van der Waals surface area contributed by atoms with Crippen LogP contribution in [0.25, 0.3) is 5.52 Å². The number of benzene rings is 2. The minimum Gasteiger partial charge on any atom is -0.497 e. The molecule has 0 saturated heterocycles. The van der Waals surface area contributed by atoms with E-state index in [9.17, 15) is 14.4 Å². The lowest BCUT2D eigenvalue weighted by atomic mass is 9.81. The lowest BCUT2D eigenvalue weighted by Gasteiger charge is -2.21. The maximum Gasteiger partial charge on any atom is 0.309 e. The van der Waals surface area contributed by atoms with E-state index >= 15 is 0 Å². The summed E-state index contributed by atoms with van der Waals surface area (Å²) in [5, 5.41) is 0. The van der Waals surface area contributed by atoms with E-state index < -0.39 is 11.3 Å². The fraction of sp³-hybridized carbons (Fsp3) is 0.343. The molecule has 2 aromatic heterocycles. The molecule has 0 N–H and O–H groups in total. The number of carbonyl (C=O) groups excluding carboxylic acids is 3. The SMILES string of the molecule is COC(=O)C(Cc1c(C(=O)C(C)(C)C)c2cc(OCc3ccccc3)ccn2c1C(=O)c1ccc(OC)cc1)C(C)C.